The topological polar surface area (TPSA) is 90.0 Å². The first kappa shape index (κ1) is 20.3. The van der Waals surface area contributed by atoms with Crippen LogP contribution in [0.1, 0.15) is 0 Å². The molecule has 2 aromatic heterocycles. The Morgan fingerprint density at radius 2 is 1.78 bits per heavy atom. The first-order chi connectivity index (χ1) is 15.6. The van der Waals surface area contributed by atoms with Gasteiger partial charge in [0.2, 0.25) is 5.91 Å². The lowest BCUT2D eigenvalue weighted by atomic mass is 10.2. The Morgan fingerprint density at radius 1 is 1.00 bits per heavy atom. The Hall–Kier alpha value is -3.62. The normalized spacial score (nSPS) is 11.2. The molecule has 0 saturated heterocycles. The molecule has 2 heterocycles. The van der Waals surface area contributed by atoms with Gasteiger partial charge in [-0.2, -0.15) is 4.98 Å². The summed E-state index contributed by atoms with van der Waals surface area (Å²) in [4.78, 5) is 34.6. The van der Waals surface area contributed by atoms with E-state index < -0.39 is 0 Å². The standard InChI is InChI=1S/C23H15ClN4O3S/c24-14-10-11-19-18(12-14)25-22(31-19)27-20(29)13-32-23-26-17-9-5-4-8-16(17)21(30)28(23)15-6-2-1-3-7-15/h1-12H,13H2,(H,25,27,29). The van der Waals surface area contributed by atoms with Gasteiger partial charge in [-0.1, -0.05) is 53.7 Å². The minimum atomic E-state index is -0.338. The number of hydrogen-bond acceptors (Lipinski definition) is 6. The number of thioether (sulfide) groups is 1. The number of anilines is 1. The highest BCUT2D eigenvalue weighted by atomic mass is 35.5. The number of aromatic nitrogens is 3. The predicted octanol–water partition coefficient (Wildman–Crippen LogP) is 4.91. The number of halogens is 1. The number of para-hydroxylation sites is 2. The highest BCUT2D eigenvalue weighted by Crippen LogP contribution is 2.24. The summed E-state index contributed by atoms with van der Waals surface area (Å²) in [5.74, 6) is -0.327. The fraction of sp³-hybridized carbons (Fsp3) is 0.0435. The number of amides is 1. The van der Waals surface area contributed by atoms with Gasteiger partial charge in [0.1, 0.15) is 5.52 Å². The van der Waals surface area contributed by atoms with Crippen LogP contribution in [0.25, 0.3) is 27.7 Å². The number of oxazole rings is 1. The lowest BCUT2D eigenvalue weighted by Crippen LogP contribution is -2.22. The first-order valence-electron chi connectivity index (χ1n) is 9.64. The molecular formula is C23H15ClN4O3S. The van der Waals surface area contributed by atoms with Crippen LogP contribution in [0.15, 0.2) is 87.2 Å². The number of carbonyl (C=O) groups excluding carboxylic acids is 1. The molecule has 0 atom stereocenters. The molecule has 5 rings (SSSR count). The summed E-state index contributed by atoms with van der Waals surface area (Å²) < 4.78 is 7.05. The molecule has 1 N–H and O–H groups in total. The Morgan fingerprint density at radius 3 is 2.62 bits per heavy atom. The molecular weight excluding hydrogens is 448 g/mol. The van der Waals surface area contributed by atoms with Crippen LogP contribution in [0.4, 0.5) is 6.01 Å². The molecule has 0 aliphatic rings. The number of carbonyl (C=O) groups is 1. The SMILES string of the molecule is O=C(CSc1nc2ccccc2c(=O)n1-c1ccccc1)Nc1nc2cc(Cl)ccc2o1. The van der Waals surface area contributed by atoms with Gasteiger partial charge < -0.3 is 4.42 Å². The van der Waals surface area contributed by atoms with E-state index in [2.05, 4.69) is 15.3 Å². The maximum absolute atomic E-state index is 13.2. The third-order valence-corrected chi connectivity index (χ3v) is 5.86. The van der Waals surface area contributed by atoms with Crippen LogP contribution in [0.5, 0.6) is 0 Å². The van der Waals surface area contributed by atoms with Gasteiger partial charge in [-0.05, 0) is 42.5 Å². The minimum Gasteiger partial charge on any atom is -0.423 e. The van der Waals surface area contributed by atoms with Crippen molar-refractivity contribution in [2.45, 2.75) is 5.16 Å². The van der Waals surface area contributed by atoms with Crippen molar-refractivity contribution in [2.24, 2.45) is 0 Å². The third kappa shape index (κ3) is 3.98. The Balaban J connectivity index is 1.43. The summed E-state index contributed by atoms with van der Waals surface area (Å²) in [5.41, 5.74) is 2.12. The fourth-order valence-electron chi connectivity index (χ4n) is 3.25. The van der Waals surface area contributed by atoms with Gasteiger partial charge in [0.05, 0.1) is 22.3 Å². The number of hydrogen-bond donors (Lipinski definition) is 1. The van der Waals surface area contributed by atoms with Crippen molar-refractivity contribution >= 4 is 57.3 Å². The lowest BCUT2D eigenvalue weighted by Gasteiger charge is -2.12. The van der Waals surface area contributed by atoms with Crippen LogP contribution >= 0.6 is 23.4 Å². The molecule has 3 aromatic carbocycles. The Labute approximate surface area is 191 Å². The number of rotatable bonds is 5. The van der Waals surface area contributed by atoms with E-state index in [0.717, 1.165) is 11.8 Å². The number of nitrogens with one attached hydrogen (secondary N) is 1. The van der Waals surface area contributed by atoms with E-state index in [1.54, 1.807) is 36.4 Å². The van der Waals surface area contributed by atoms with Crippen molar-refractivity contribution in [3.8, 4) is 5.69 Å². The van der Waals surface area contributed by atoms with E-state index >= 15 is 0 Å². The number of fused-ring (bicyclic) bond motifs is 2. The highest BCUT2D eigenvalue weighted by molar-refractivity contribution is 7.99. The second-order valence-electron chi connectivity index (χ2n) is 6.86. The first-order valence-corrected chi connectivity index (χ1v) is 11.0. The summed E-state index contributed by atoms with van der Waals surface area (Å²) in [7, 11) is 0. The van der Waals surface area contributed by atoms with Crippen LogP contribution in [0.3, 0.4) is 0 Å². The quantitative estimate of drug-likeness (QED) is 0.295. The van der Waals surface area contributed by atoms with Crippen LogP contribution < -0.4 is 10.9 Å². The monoisotopic (exact) mass is 462 g/mol. The summed E-state index contributed by atoms with van der Waals surface area (Å²) in [6.45, 7) is 0. The zero-order valence-electron chi connectivity index (χ0n) is 16.5. The molecule has 0 bridgehead atoms. The average molecular weight is 463 g/mol. The van der Waals surface area contributed by atoms with Crippen molar-refractivity contribution in [3.63, 3.8) is 0 Å². The van der Waals surface area contributed by atoms with Gasteiger partial charge >= 0.3 is 6.01 Å². The van der Waals surface area contributed by atoms with Gasteiger partial charge in [-0.15, -0.1) is 0 Å². The Kier molecular flexibility index (Phi) is 5.38. The molecule has 0 fully saturated rings. The van der Waals surface area contributed by atoms with Gasteiger partial charge in [-0.25, -0.2) is 4.98 Å². The lowest BCUT2D eigenvalue weighted by molar-refractivity contribution is -0.113. The van der Waals surface area contributed by atoms with E-state index in [0.29, 0.717) is 37.9 Å². The number of benzene rings is 3. The molecule has 0 aliphatic carbocycles. The van der Waals surface area contributed by atoms with E-state index in [1.807, 2.05) is 36.4 Å². The molecule has 7 nitrogen and oxygen atoms in total. The van der Waals surface area contributed by atoms with Crippen LogP contribution in [-0.4, -0.2) is 26.2 Å². The molecule has 0 aliphatic heterocycles. The maximum atomic E-state index is 13.2. The van der Waals surface area contributed by atoms with Crippen molar-refractivity contribution in [1.82, 2.24) is 14.5 Å². The van der Waals surface area contributed by atoms with Crippen LogP contribution in [-0.2, 0) is 4.79 Å². The molecule has 0 saturated carbocycles. The van der Waals surface area contributed by atoms with E-state index in [4.69, 9.17) is 16.0 Å². The zero-order chi connectivity index (χ0) is 22.1. The van der Waals surface area contributed by atoms with Gasteiger partial charge in [-0.3, -0.25) is 19.5 Å². The largest absolute Gasteiger partial charge is 0.423 e. The maximum Gasteiger partial charge on any atom is 0.302 e. The molecule has 158 valence electrons. The molecule has 32 heavy (non-hydrogen) atoms. The van der Waals surface area contributed by atoms with E-state index in [9.17, 15) is 9.59 Å². The fourth-order valence-corrected chi connectivity index (χ4v) is 4.23. The smallest absolute Gasteiger partial charge is 0.302 e. The number of nitrogens with zero attached hydrogens (tertiary/aromatic N) is 3. The molecule has 9 heteroatoms. The molecule has 1 amide bonds. The Bertz CT molecular complexity index is 1510. The molecule has 0 spiro atoms. The molecule has 5 aromatic rings. The van der Waals surface area contributed by atoms with Crippen LogP contribution in [0.2, 0.25) is 5.02 Å². The zero-order valence-corrected chi connectivity index (χ0v) is 18.1. The average Bonchev–Trinajstić information content (AvgIpc) is 3.19. The summed E-state index contributed by atoms with van der Waals surface area (Å²) in [5, 5.41) is 4.09. The summed E-state index contributed by atoms with van der Waals surface area (Å²) >= 11 is 7.12. The van der Waals surface area contributed by atoms with Crippen molar-refractivity contribution in [3.05, 3.63) is 88.2 Å². The van der Waals surface area contributed by atoms with Crippen molar-refractivity contribution in [1.29, 1.82) is 0 Å². The molecule has 0 radical (unpaired) electrons. The van der Waals surface area contributed by atoms with E-state index in [1.165, 1.54) is 4.57 Å². The predicted molar refractivity (Wildman–Crippen MR) is 126 cm³/mol. The van der Waals surface area contributed by atoms with Gasteiger partial charge in [0.15, 0.2) is 10.7 Å². The second kappa shape index (κ2) is 8.49. The van der Waals surface area contributed by atoms with Gasteiger partial charge in [0, 0.05) is 5.02 Å². The summed E-state index contributed by atoms with van der Waals surface area (Å²) in [6, 6.07) is 21.5. The highest BCUT2D eigenvalue weighted by Gasteiger charge is 2.16. The minimum absolute atomic E-state index is 0.0110. The van der Waals surface area contributed by atoms with Crippen LogP contribution in [0, 0.1) is 0 Å². The van der Waals surface area contributed by atoms with Crippen molar-refractivity contribution < 1.29 is 9.21 Å². The third-order valence-electron chi connectivity index (χ3n) is 4.69. The van der Waals surface area contributed by atoms with E-state index in [-0.39, 0.29) is 23.2 Å². The molecule has 0 unspecified atom stereocenters. The summed E-state index contributed by atoms with van der Waals surface area (Å²) in [6.07, 6.45) is 0. The van der Waals surface area contributed by atoms with Gasteiger partial charge in [0.25, 0.3) is 5.56 Å². The second-order valence-corrected chi connectivity index (χ2v) is 8.23. The van der Waals surface area contributed by atoms with Crippen molar-refractivity contribution in [2.75, 3.05) is 11.1 Å².